The minimum absolute atomic E-state index is 0.127. The minimum atomic E-state index is -5.04. The van der Waals surface area contributed by atoms with Crippen LogP contribution in [0, 0.1) is 11.8 Å². The number of amides is 1. The normalized spacial score (nSPS) is 16.1. The van der Waals surface area contributed by atoms with Crippen molar-refractivity contribution in [2.24, 2.45) is 17.6 Å². The molecule has 0 unspecified atom stereocenters. The topological polar surface area (TPSA) is 111 Å². The molecule has 1 aromatic rings. The molecule has 0 fully saturated rings. The van der Waals surface area contributed by atoms with Crippen molar-refractivity contribution < 1.29 is 50.5 Å². The zero-order valence-corrected chi connectivity index (χ0v) is 18.0. The van der Waals surface area contributed by atoms with Crippen molar-refractivity contribution in [1.82, 2.24) is 5.32 Å². The number of carbonyl (C=O) groups is 2. The highest BCUT2D eigenvalue weighted by Crippen LogP contribution is 2.33. The van der Waals surface area contributed by atoms with Crippen LogP contribution in [-0.4, -0.2) is 55.2 Å². The standard InChI is InChI=1S/C20H26F6N2O5/c1-10(2)13(17(30)19(21,22)23)8-15(29)16(11-4-6-12(32-3)7-5-11)28-18(31)14(27)9-33-20(24,25)26/h4-7,10,13-14,16-17,30H,8-9,27H2,1-3H3,(H,28,31)/t13-,14-,16-,17-/m0/s1. The summed E-state index contributed by atoms with van der Waals surface area (Å²) in [6.45, 7) is 1.54. The quantitative estimate of drug-likeness (QED) is 0.413. The fraction of sp³-hybridized carbons (Fsp3) is 0.600. The van der Waals surface area contributed by atoms with Crippen LogP contribution < -0.4 is 15.8 Å². The van der Waals surface area contributed by atoms with E-state index in [1.807, 2.05) is 0 Å². The number of methoxy groups -OCH3 is 1. The number of aliphatic hydroxyl groups is 1. The molecular formula is C20H26F6N2O5. The number of rotatable bonds is 11. The molecule has 4 N–H and O–H groups in total. The maximum atomic E-state index is 13.0. The first-order valence-corrected chi connectivity index (χ1v) is 9.75. The predicted molar refractivity (Wildman–Crippen MR) is 104 cm³/mol. The number of Topliss-reactive ketones (excluding diaryl/α,β-unsaturated/α-hetero) is 1. The first kappa shape index (κ1) is 28.7. The Hall–Kier alpha value is -2.38. The monoisotopic (exact) mass is 488 g/mol. The number of alkyl halides is 6. The minimum Gasteiger partial charge on any atom is -0.497 e. The summed E-state index contributed by atoms with van der Waals surface area (Å²) in [5, 5.41) is 11.8. The van der Waals surface area contributed by atoms with Gasteiger partial charge >= 0.3 is 12.5 Å². The van der Waals surface area contributed by atoms with Crippen LogP contribution in [0.15, 0.2) is 24.3 Å². The lowest BCUT2D eigenvalue weighted by atomic mass is 9.83. The number of benzene rings is 1. The van der Waals surface area contributed by atoms with Crippen molar-refractivity contribution >= 4 is 11.7 Å². The highest BCUT2D eigenvalue weighted by atomic mass is 19.4. The fourth-order valence-corrected chi connectivity index (χ4v) is 2.96. The number of hydrogen-bond acceptors (Lipinski definition) is 6. The molecule has 1 rings (SSSR count). The Labute approximate surface area is 186 Å². The molecule has 0 aliphatic heterocycles. The van der Waals surface area contributed by atoms with E-state index in [0.29, 0.717) is 5.75 Å². The maximum absolute atomic E-state index is 13.0. The van der Waals surface area contributed by atoms with E-state index in [2.05, 4.69) is 10.1 Å². The van der Waals surface area contributed by atoms with Gasteiger partial charge in [-0.05, 0) is 23.6 Å². The Morgan fingerprint density at radius 1 is 1.09 bits per heavy atom. The molecule has 0 aliphatic rings. The van der Waals surface area contributed by atoms with E-state index in [1.54, 1.807) is 0 Å². The summed E-state index contributed by atoms with van der Waals surface area (Å²) < 4.78 is 84.3. The van der Waals surface area contributed by atoms with Gasteiger partial charge in [-0.2, -0.15) is 13.2 Å². The average Bonchev–Trinajstić information content (AvgIpc) is 2.71. The van der Waals surface area contributed by atoms with Gasteiger partial charge in [0.2, 0.25) is 5.91 Å². The molecular weight excluding hydrogens is 462 g/mol. The lowest BCUT2D eigenvalue weighted by Crippen LogP contribution is -2.48. The number of ketones is 1. The van der Waals surface area contributed by atoms with Crippen LogP contribution >= 0.6 is 0 Å². The van der Waals surface area contributed by atoms with E-state index in [4.69, 9.17) is 10.5 Å². The highest BCUT2D eigenvalue weighted by molar-refractivity contribution is 5.91. The molecule has 0 spiro atoms. The predicted octanol–water partition coefficient (Wildman–Crippen LogP) is 2.87. The number of carbonyl (C=O) groups excluding carboxylic acids is 2. The van der Waals surface area contributed by atoms with Gasteiger partial charge in [-0.25, -0.2) is 0 Å². The van der Waals surface area contributed by atoms with Crippen molar-refractivity contribution in [2.75, 3.05) is 13.7 Å². The molecule has 0 heterocycles. The van der Waals surface area contributed by atoms with Gasteiger partial charge in [-0.3, -0.25) is 14.3 Å². The first-order valence-electron chi connectivity index (χ1n) is 9.75. The smallest absolute Gasteiger partial charge is 0.497 e. The van der Waals surface area contributed by atoms with E-state index < -0.39 is 67.3 Å². The Bertz CT molecular complexity index is 783. The second-order valence-corrected chi connectivity index (χ2v) is 7.64. The van der Waals surface area contributed by atoms with Crippen LogP contribution in [0.5, 0.6) is 5.75 Å². The molecule has 0 aliphatic carbocycles. The molecule has 7 nitrogen and oxygen atoms in total. The second-order valence-electron chi connectivity index (χ2n) is 7.64. The first-order chi connectivity index (χ1) is 15.1. The maximum Gasteiger partial charge on any atom is 0.522 e. The third kappa shape index (κ3) is 9.18. The summed E-state index contributed by atoms with van der Waals surface area (Å²) in [6.07, 6.45) is -13.6. The van der Waals surface area contributed by atoms with Crippen molar-refractivity contribution in [3.8, 4) is 5.75 Å². The van der Waals surface area contributed by atoms with Gasteiger partial charge in [-0.1, -0.05) is 26.0 Å². The van der Waals surface area contributed by atoms with Crippen molar-refractivity contribution in [1.29, 1.82) is 0 Å². The summed E-state index contributed by atoms with van der Waals surface area (Å²) >= 11 is 0. The largest absolute Gasteiger partial charge is 0.522 e. The lowest BCUT2D eigenvalue weighted by molar-refractivity contribution is -0.325. The van der Waals surface area contributed by atoms with E-state index >= 15 is 0 Å². The van der Waals surface area contributed by atoms with Crippen LogP contribution in [0.3, 0.4) is 0 Å². The van der Waals surface area contributed by atoms with E-state index in [1.165, 1.54) is 45.2 Å². The molecule has 188 valence electrons. The van der Waals surface area contributed by atoms with Crippen LogP contribution in [-0.2, 0) is 14.3 Å². The van der Waals surface area contributed by atoms with Crippen LogP contribution in [0.4, 0.5) is 26.3 Å². The molecule has 13 heteroatoms. The zero-order chi connectivity index (χ0) is 25.6. The number of hydrogen-bond donors (Lipinski definition) is 3. The van der Waals surface area contributed by atoms with Crippen molar-refractivity contribution in [3.63, 3.8) is 0 Å². The highest BCUT2D eigenvalue weighted by Gasteiger charge is 2.45. The lowest BCUT2D eigenvalue weighted by Gasteiger charge is -2.29. The van der Waals surface area contributed by atoms with Gasteiger partial charge in [0.05, 0.1) is 13.7 Å². The summed E-state index contributed by atoms with van der Waals surface area (Å²) in [7, 11) is 1.37. The summed E-state index contributed by atoms with van der Waals surface area (Å²) in [5.41, 5.74) is 5.52. The van der Waals surface area contributed by atoms with E-state index in [-0.39, 0.29) is 5.56 Å². The molecule has 0 bridgehead atoms. The Morgan fingerprint density at radius 3 is 2.06 bits per heavy atom. The molecule has 0 saturated carbocycles. The average molecular weight is 488 g/mol. The molecule has 0 radical (unpaired) electrons. The van der Waals surface area contributed by atoms with Gasteiger partial charge in [0.25, 0.3) is 0 Å². The number of ether oxygens (including phenoxy) is 2. The molecule has 33 heavy (non-hydrogen) atoms. The van der Waals surface area contributed by atoms with Crippen molar-refractivity contribution in [3.05, 3.63) is 29.8 Å². The zero-order valence-electron chi connectivity index (χ0n) is 18.0. The Morgan fingerprint density at radius 2 is 1.64 bits per heavy atom. The molecule has 0 aromatic heterocycles. The van der Waals surface area contributed by atoms with Crippen LogP contribution in [0.2, 0.25) is 0 Å². The third-order valence-corrected chi connectivity index (χ3v) is 4.86. The summed E-state index contributed by atoms with van der Waals surface area (Å²) in [5.74, 6) is -4.01. The van der Waals surface area contributed by atoms with Gasteiger partial charge in [0.1, 0.15) is 17.8 Å². The van der Waals surface area contributed by atoms with Crippen molar-refractivity contribution in [2.45, 2.75) is 51.0 Å². The summed E-state index contributed by atoms with van der Waals surface area (Å²) in [6, 6.07) is 2.18. The van der Waals surface area contributed by atoms with E-state index in [9.17, 15) is 41.0 Å². The van der Waals surface area contributed by atoms with Gasteiger partial charge < -0.3 is 20.9 Å². The number of halogens is 6. The van der Waals surface area contributed by atoms with E-state index in [0.717, 1.165) is 0 Å². The Kier molecular flexibility index (Phi) is 10.1. The molecule has 1 aromatic carbocycles. The van der Waals surface area contributed by atoms with Gasteiger partial charge in [-0.15, -0.1) is 13.2 Å². The SMILES string of the molecule is COc1ccc([C@H](NC(=O)[C@@H](N)COC(F)(F)F)C(=O)C[C@@H](C(C)C)[C@H](O)C(F)(F)F)cc1. The van der Waals surface area contributed by atoms with Gasteiger partial charge in [0.15, 0.2) is 11.9 Å². The van der Waals surface area contributed by atoms with Crippen LogP contribution in [0.25, 0.3) is 0 Å². The summed E-state index contributed by atoms with van der Waals surface area (Å²) in [4.78, 5) is 25.2. The number of aliphatic hydroxyl groups excluding tert-OH is 1. The molecule has 0 saturated heterocycles. The molecule has 4 atom stereocenters. The Balaban J connectivity index is 3.15. The van der Waals surface area contributed by atoms with Crippen LogP contribution in [0.1, 0.15) is 31.9 Å². The second kappa shape index (κ2) is 11.7. The third-order valence-electron chi connectivity index (χ3n) is 4.86. The van der Waals surface area contributed by atoms with Gasteiger partial charge in [0, 0.05) is 12.3 Å². The number of nitrogens with two attached hydrogens (primary N) is 1. The fourth-order valence-electron chi connectivity index (χ4n) is 2.96. The number of nitrogens with one attached hydrogen (secondary N) is 1. The molecule has 1 amide bonds.